The van der Waals surface area contributed by atoms with Gasteiger partial charge in [0.15, 0.2) is 6.17 Å². The van der Waals surface area contributed by atoms with Crippen LogP contribution >= 0.6 is 0 Å². The molecule has 0 saturated heterocycles. The lowest BCUT2D eigenvalue weighted by molar-refractivity contribution is 0.0993. The van der Waals surface area contributed by atoms with Crippen LogP contribution in [0.5, 0.6) is 0 Å². The van der Waals surface area contributed by atoms with Gasteiger partial charge in [-0.3, -0.25) is 14.7 Å². The van der Waals surface area contributed by atoms with Crippen LogP contribution in [0.3, 0.4) is 0 Å². The third-order valence-corrected chi connectivity index (χ3v) is 4.41. The van der Waals surface area contributed by atoms with E-state index >= 15 is 0 Å². The third-order valence-electron chi connectivity index (χ3n) is 4.41. The van der Waals surface area contributed by atoms with Crippen molar-refractivity contribution >= 4 is 17.3 Å². The molecule has 1 aromatic heterocycles. The van der Waals surface area contributed by atoms with Gasteiger partial charge in [-0.15, -0.1) is 0 Å². The van der Waals surface area contributed by atoms with Crippen molar-refractivity contribution in [3.63, 3.8) is 0 Å². The van der Waals surface area contributed by atoms with E-state index in [4.69, 9.17) is 5.26 Å². The summed E-state index contributed by atoms with van der Waals surface area (Å²) < 4.78 is 0. The van der Waals surface area contributed by atoms with Crippen molar-refractivity contribution in [2.75, 3.05) is 10.2 Å². The average Bonchev–Trinajstić information content (AvgIpc) is 2.95. The highest BCUT2D eigenvalue weighted by atomic mass is 16.2. The molecule has 1 N–H and O–H groups in total. The molecule has 126 valence electrons. The van der Waals surface area contributed by atoms with Gasteiger partial charge in [-0.05, 0) is 49.4 Å². The maximum Gasteiger partial charge on any atom is 0.262 e. The highest BCUT2D eigenvalue weighted by Gasteiger charge is 2.38. The number of aryl methyl sites for hydroxylation is 1. The average molecular weight is 340 g/mol. The number of hydrogen-bond donors (Lipinski definition) is 1. The van der Waals surface area contributed by atoms with Crippen LogP contribution in [0, 0.1) is 18.3 Å². The van der Waals surface area contributed by atoms with Crippen LogP contribution in [0.1, 0.15) is 33.3 Å². The molecule has 1 aliphatic heterocycles. The molecule has 1 amide bonds. The summed E-state index contributed by atoms with van der Waals surface area (Å²) in [5.41, 5.74) is 4.51. The molecule has 0 bridgehead atoms. The monoisotopic (exact) mass is 340 g/mol. The summed E-state index contributed by atoms with van der Waals surface area (Å²) in [6.45, 7) is 2.01. The Bertz CT molecular complexity index is 1020. The predicted molar refractivity (Wildman–Crippen MR) is 99.7 cm³/mol. The number of benzene rings is 2. The summed E-state index contributed by atoms with van der Waals surface area (Å²) in [7, 11) is 0. The number of hydrogen-bond acceptors (Lipinski definition) is 4. The number of amides is 1. The molecule has 0 aliphatic carbocycles. The molecule has 3 aromatic rings. The Morgan fingerprint density at radius 3 is 2.69 bits per heavy atom. The van der Waals surface area contributed by atoms with Gasteiger partial charge in [0.25, 0.3) is 5.91 Å². The largest absolute Gasteiger partial charge is 0.360 e. The number of carbonyl (C=O) groups excluding carboxylic acids is 1. The molecule has 5 heteroatoms. The van der Waals surface area contributed by atoms with Crippen LogP contribution in [-0.4, -0.2) is 10.9 Å². The zero-order valence-electron chi connectivity index (χ0n) is 14.2. The zero-order valence-corrected chi connectivity index (χ0v) is 14.2. The quantitative estimate of drug-likeness (QED) is 0.781. The molecule has 5 nitrogen and oxygen atoms in total. The van der Waals surface area contributed by atoms with Crippen molar-refractivity contribution in [3.8, 4) is 6.07 Å². The molecule has 0 radical (unpaired) electrons. The first-order chi connectivity index (χ1) is 12.7. The second-order valence-electron chi connectivity index (χ2n) is 6.19. The smallest absolute Gasteiger partial charge is 0.262 e. The van der Waals surface area contributed by atoms with Gasteiger partial charge in [0, 0.05) is 17.6 Å². The first-order valence-electron chi connectivity index (χ1n) is 8.29. The van der Waals surface area contributed by atoms with Crippen molar-refractivity contribution < 1.29 is 4.79 Å². The topological polar surface area (TPSA) is 69.0 Å². The van der Waals surface area contributed by atoms with E-state index in [0.717, 1.165) is 16.9 Å². The van der Waals surface area contributed by atoms with Crippen LogP contribution < -0.4 is 10.2 Å². The second kappa shape index (κ2) is 6.34. The second-order valence-corrected chi connectivity index (χ2v) is 6.19. The first-order valence-corrected chi connectivity index (χ1v) is 8.29. The van der Waals surface area contributed by atoms with Crippen molar-refractivity contribution in [2.24, 2.45) is 0 Å². The molecule has 0 fully saturated rings. The van der Waals surface area contributed by atoms with Gasteiger partial charge >= 0.3 is 0 Å². The number of nitriles is 1. The third kappa shape index (κ3) is 2.68. The Morgan fingerprint density at radius 2 is 1.92 bits per heavy atom. The first kappa shape index (κ1) is 15.9. The molecule has 0 saturated carbocycles. The SMILES string of the molecule is Cc1ccc(N2C(=O)c3cccnc3[C@@H]2Nc2cccc(C#N)c2)cc1. The Labute approximate surface area is 151 Å². The van der Waals surface area contributed by atoms with Crippen LogP contribution in [0.15, 0.2) is 66.9 Å². The number of nitrogens with zero attached hydrogens (tertiary/aromatic N) is 3. The molecule has 4 rings (SSSR count). The minimum absolute atomic E-state index is 0.0918. The van der Waals surface area contributed by atoms with Gasteiger partial charge in [0.2, 0.25) is 0 Å². The van der Waals surface area contributed by atoms with Crippen molar-refractivity contribution in [1.29, 1.82) is 5.26 Å². The molecule has 1 aliphatic rings. The number of pyridine rings is 1. The lowest BCUT2D eigenvalue weighted by atomic mass is 10.2. The number of nitrogens with one attached hydrogen (secondary N) is 1. The van der Waals surface area contributed by atoms with Crippen LogP contribution in [0.2, 0.25) is 0 Å². The van der Waals surface area contributed by atoms with E-state index in [1.54, 1.807) is 35.4 Å². The lowest BCUT2D eigenvalue weighted by Crippen LogP contribution is -2.32. The minimum atomic E-state index is -0.435. The molecule has 2 heterocycles. The standard InChI is InChI=1S/C21H16N4O/c1-14-7-9-17(10-8-14)25-20(19-18(21(25)26)6-3-11-23-19)24-16-5-2-4-15(12-16)13-22/h2-12,20,24H,1H3/t20-/m1/s1. The fourth-order valence-corrected chi connectivity index (χ4v) is 3.13. The Morgan fingerprint density at radius 1 is 1.12 bits per heavy atom. The van der Waals surface area contributed by atoms with Gasteiger partial charge in [-0.2, -0.15) is 5.26 Å². The van der Waals surface area contributed by atoms with E-state index in [1.165, 1.54) is 0 Å². The van der Waals surface area contributed by atoms with Crippen molar-refractivity contribution in [2.45, 2.75) is 13.1 Å². The lowest BCUT2D eigenvalue weighted by Gasteiger charge is -2.26. The van der Waals surface area contributed by atoms with E-state index in [2.05, 4.69) is 16.4 Å². The van der Waals surface area contributed by atoms with Gasteiger partial charge in [-0.1, -0.05) is 23.8 Å². The summed E-state index contributed by atoms with van der Waals surface area (Å²) in [4.78, 5) is 19.1. The molecule has 2 aromatic carbocycles. The minimum Gasteiger partial charge on any atom is -0.360 e. The fraction of sp³-hybridized carbons (Fsp3) is 0.0952. The summed E-state index contributed by atoms with van der Waals surface area (Å²) in [6, 6.07) is 20.7. The molecular formula is C21H16N4O. The van der Waals surface area contributed by atoms with Crippen LogP contribution in [-0.2, 0) is 0 Å². The predicted octanol–water partition coefficient (Wildman–Crippen LogP) is 4.03. The molecule has 1 atom stereocenters. The summed E-state index contributed by atoms with van der Waals surface area (Å²) in [5, 5.41) is 12.5. The van der Waals surface area contributed by atoms with Crippen LogP contribution in [0.25, 0.3) is 0 Å². The molecular weight excluding hydrogens is 324 g/mol. The molecule has 26 heavy (non-hydrogen) atoms. The van der Waals surface area contributed by atoms with E-state index in [1.807, 2.05) is 43.3 Å². The maximum absolute atomic E-state index is 13.0. The summed E-state index contributed by atoms with van der Waals surface area (Å²) in [5.74, 6) is -0.0918. The Kier molecular flexibility index (Phi) is 3.86. The van der Waals surface area contributed by atoms with Crippen molar-refractivity contribution in [1.82, 2.24) is 4.98 Å². The van der Waals surface area contributed by atoms with Gasteiger partial charge in [0.05, 0.1) is 22.9 Å². The number of aromatic nitrogens is 1. The molecule has 0 unspecified atom stereocenters. The fourth-order valence-electron chi connectivity index (χ4n) is 3.13. The van der Waals surface area contributed by atoms with Gasteiger partial charge < -0.3 is 5.32 Å². The Balaban J connectivity index is 1.78. The summed E-state index contributed by atoms with van der Waals surface area (Å²) >= 11 is 0. The summed E-state index contributed by atoms with van der Waals surface area (Å²) in [6.07, 6.45) is 1.25. The highest BCUT2D eigenvalue weighted by Crippen LogP contribution is 2.36. The van der Waals surface area contributed by atoms with Gasteiger partial charge in [0.1, 0.15) is 0 Å². The van der Waals surface area contributed by atoms with E-state index < -0.39 is 6.17 Å². The number of fused-ring (bicyclic) bond motifs is 1. The van der Waals surface area contributed by atoms with Crippen molar-refractivity contribution in [3.05, 3.63) is 89.2 Å². The number of anilines is 2. The number of rotatable bonds is 3. The molecule has 0 spiro atoms. The van der Waals surface area contributed by atoms with E-state index in [0.29, 0.717) is 16.8 Å². The number of carbonyl (C=O) groups is 1. The Hall–Kier alpha value is -3.65. The normalized spacial score (nSPS) is 15.5. The van der Waals surface area contributed by atoms with E-state index in [-0.39, 0.29) is 5.91 Å². The van der Waals surface area contributed by atoms with Gasteiger partial charge in [-0.25, -0.2) is 0 Å². The van der Waals surface area contributed by atoms with E-state index in [9.17, 15) is 4.79 Å². The maximum atomic E-state index is 13.0. The van der Waals surface area contributed by atoms with Crippen LogP contribution in [0.4, 0.5) is 11.4 Å². The zero-order chi connectivity index (χ0) is 18.1. The highest BCUT2D eigenvalue weighted by molar-refractivity contribution is 6.11.